The monoisotopic (exact) mass is 603 g/mol. The second-order valence-electron chi connectivity index (χ2n) is 11.8. The molecule has 9 rings (SSSR count). The summed E-state index contributed by atoms with van der Waals surface area (Å²) >= 11 is 0. The van der Waals surface area contributed by atoms with Crippen LogP contribution >= 0.6 is 0 Å². The van der Waals surface area contributed by atoms with Crippen molar-refractivity contribution in [2.75, 3.05) is 0 Å². The third-order valence-electron chi connectivity index (χ3n) is 8.97. The molecular weight excluding hydrogens is 574 g/mol. The van der Waals surface area contributed by atoms with Gasteiger partial charge in [-0.25, -0.2) is 9.98 Å². The normalized spacial score (nSPS) is 14.6. The van der Waals surface area contributed by atoms with Gasteiger partial charge in [0.2, 0.25) is 0 Å². The Hall–Kier alpha value is -6.26. The van der Waals surface area contributed by atoms with Gasteiger partial charge in [-0.2, -0.15) is 0 Å². The lowest BCUT2D eigenvalue weighted by molar-refractivity contribution is 0.668. The first-order valence-electron chi connectivity index (χ1n) is 15.9. The maximum absolute atomic E-state index is 6.65. The van der Waals surface area contributed by atoms with Gasteiger partial charge in [0.25, 0.3) is 0 Å². The second kappa shape index (κ2) is 11.3. The third-order valence-corrected chi connectivity index (χ3v) is 8.97. The minimum absolute atomic E-state index is 0.309. The van der Waals surface area contributed by atoms with Gasteiger partial charge in [0.1, 0.15) is 23.2 Å². The highest BCUT2D eigenvalue weighted by atomic mass is 16.3. The molecule has 1 unspecified atom stereocenters. The molecule has 8 aromatic rings. The lowest BCUT2D eigenvalue weighted by Gasteiger charge is -2.24. The van der Waals surface area contributed by atoms with E-state index in [1.54, 1.807) is 0 Å². The van der Waals surface area contributed by atoms with Gasteiger partial charge in [-0.05, 0) is 51.2 Å². The van der Waals surface area contributed by atoms with E-state index in [1.807, 2.05) is 24.3 Å². The van der Waals surface area contributed by atoms with E-state index in [0.717, 1.165) is 66.4 Å². The minimum Gasteiger partial charge on any atom is -0.455 e. The van der Waals surface area contributed by atoms with Crippen LogP contribution in [0.3, 0.4) is 0 Å². The van der Waals surface area contributed by atoms with Crippen molar-refractivity contribution >= 4 is 44.4 Å². The highest BCUT2D eigenvalue weighted by Crippen LogP contribution is 2.39. The quantitative estimate of drug-likeness (QED) is 0.213. The summed E-state index contributed by atoms with van der Waals surface area (Å²) in [6, 6.07) is 56.8. The van der Waals surface area contributed by atoms with E-state index in [9.17, 15) is 0 Å². The summed E-state index contributed by atoms with van der Waals surface area (Å²) in [6.45, 7) is 0. The predicted octanol–water partition coefficient (Wildman–Crippen LogP) is 10.6. The SMILES string of the molecule is c1ccc(-c2ccc(-c3ccc(C4=NC(c5cccc6ccccc56)=NC(c5ccccc5)N4)c4c3oc3ccccc34)cc2)cc1. The van der Waals surface area contributed by atoms with Crippen LogP contribution in [0.5, 0.6) is 0 Å². The third kappa shape index (κ3) is 4.79. The molecule has 0 saturated carbocycles. The topological polar surface area (TPSA) is 49.9 Å². The Labute approximate surface area is 272 Å². The molecule has 222 valence electrons. The van der Waals surface area contributed by atoms with Crippen LogP contribution in [-0.2, 0) is 0 Å². The van der Waals surface area contributed by atoms with Crippen molar-refractivity contribution in [2.45, 2.75) is 6.17 Å². The summed E-state index contributed by atoms with van der Waals surface area (Å²) < 4.78 is 6.65. The van der Waals surface area contributed by atoms with E-state index in [2.05, 4.69) is 145 Å². The molecule has 1 atom stereocenters. The molecule has 0 aliphatic carbocycles. The zero-order valence-electron chi connectivity index (χ0n) is 25.5. The van der Waals surface area contributed by atoms with E-state index < -0.39 is 0 Å². The van der Waals surface area contributed by atoms with Gasteiger partial charge in [0, 0.05) is 27.5 Å². The highest BCUT2D eigenvalue weighted by molar-refractivity contribution is 6.24. The fourth-order valence-electron chi connectivity index (χ4n) is 6.66. The molecule has 1 N–H and O–H groups in total. The van der Waals surface area contributed by atoms with Crippen LogP contribution in [0.2, 0.25) is 0 Å². The molecular formula is C43H29N3O. The standard InChI is InChI=1S/C43H29N3O/c1-3-12-28(13-4-1)29-22-24-31(25-23-29)34-26-27-37(39-36-19-9-10-21-38(36)47-40(34)39)43-45-41(32-15-5-2-6-16-32)44-42(46-43)35-20-11-17-30-14-7-8-18-33(30)35/h1-27,41H,(H,44,45,46). The van der Waals surface area contributed by atoms with Crippen LogP contribution in [0.1, 0.15) is 22.9 Å². The number of nitrogens with zero attached hydrogens (tertiary/aromatic N) is 2. The highest BCUT2D eigenvalue weighted by Gasteiger charge is 2.25. The molecule has 0 bridgehead atoms. The number of hydrogen-bond donors (Lipinski definition) is 1. The van der Waals surface area contributed by atoms with Crippen molar-refractivity contribution in [3.63, 3.8) is 0 Å². The number of aliphatic imine (C=N–C) groups is 2. The van der Waals surface area contributed by atoms with Gasteiger partial charge in [0.15, 0.2) is 5.84 Å². The Morgan fingerprint density at radius 2 is 1.13 bits per heavy atom. The summed E-state index contributed by atoms with van der Waals surface area (Å²) in [6.07, 6.45) is -0.309. The van der Waals surface area contributed by atoms with Crippen LogP contribution in [0, 0.1) is 0 Å². The molecule has 4 heteroatoms. The summed E-state index contributed by atoms with van der Waals surface area (Å²) in [7, 11) is 0. The zero-order chi connectivity index (χ0) is 31.2. The van der Waals surface area contributed by atoms with Crippen molar-refractivity contribution in [3.8, 4) is 22.3 Å². The largest absolute Gasteiger partial charge is 0.455 e. The fraction of sp³-hybridized carbons (Fsp3) is 0.0233. The number of para-hydroxylation sites is 1. The Bertz CT molecular complexity index is 2470. The zero-order valence-corrected chi connectivity index (χ0v) is 25.5. The van der Waals surface area contributed by atoms with Crippen LogP contribution < -0.4 is 5.32 Å². The van der Waals surface area contributed by atoms with Crippen molar-refractivity contribution in [3.05, 3.63) is 180 Å². The lowest BCUT2D eigenvalue weighted by Crippen LogP contribution is -2.33. The van der Waals surface area contributed by atoms with Crippen molar-refractivity contribution in [1.29, 1.82) is 0 Å². The summed E-state index contributed by atoms with van der Waals surface area (Å²) in [5.74, 6) is 1.46. The summed E-state index contributed by atoms with van der Waals surface area (Å²) in [5.41, 5.74) is 9.25. The van der Waals surface area contributed by atoms with Gasteiger partial charge in [-0.3, -0.25) is 0 Å². The van der Waals surface area contributed by atoms with Crippen LogP contribution in [0.15, 0.2) is 178 Å². The van der Waals surface area contributed by atoms with E-state index in [-0.39, 0.29) is 6.17 Å². The summed E-state index contributed by atoms with van der Waals surface area (Å²) in [4.78, 5) is 10.4. The Kier molecular flexibility index (Phi) is 6.50. The van der Waals surface area contributed by atoms with E-state index in [4.69, 9.17) is 14.4 Å². The molecule has 4 nitrogen and oxygen atoms in total. The first-order chi connectivity index (χ1) is 23.3. The Morgan fingerprint density at radius 3 is 1.96 bits per heavy atom. The molecule has 47 heavy (non-hydrogen) atoms. The molecule has 0 spiro atoms. The fourth-order valence-corrected chi connectivity index (χ4v) is 6.66. The summed E-state index contributed by atoms with van der Waals surface area (Å²) in [5, 5.41) is 8.05. The van der Waals surface area contributed by atoms with Crippen LogP contribution in [0.25, 0.3) is 55.0 Å². The predicted molar refractivity (Wildman–Crippen MR) is 194 cm³/mol. The molecule has 1 aromatic heterocycles. The Morgan fingerprint density at radius 1 is 0.489 bits per heavy atom. The van der Waals surface area contributed by atoms with Crippen molar-refractivity contribution < 1.29 is 4.42 Å². The van der Waals surface area contributed by atoms with E-state index in [0.29, 0.717) is 5.84 Å². The number of amidine groups is 2. The molecule has 0 amide bonds. The van der Waals surface area contributed by atoms with Crippen molar-refractivity contribution in [1.82, 2.24) is 5.32 Å². The Balaban J connectivity index is 1.23. The molecule has 2 heterocycles. The molecule has 7 aromatic carbocycles. The van der Waals surface area contributed by atoms with Gasteiger partial charge in [-0.1, -0.05) is 146 Å². The van der Waals surface area contributed by atoms with Gasteiger partial charge in [-0.15, -0.1) is 0 Å². The minimum atomic E-state index is -0.309. The van der Waals surface area contributed by atoms with Crippen LogP contribution in [0.4, 0.5) is 0 Å². The average Bonchev–Trinajstić information content (AvgIpc) is 3.55. The second-order valence-corrected chi connectivity index (χ2v) is 11.8. The first-order valence-corrected chi connectivity index (χ1v) is 15.9. The smallest absolute Gasteiger partial charge is 0.160 e. The van der Waals surface area contributed by atoms with E-state index >= 15 is 0 Å². The number of furan rings is 1. The van der Waals surface area contributed by atoms with Crippen LogP contribution in [-0.4, -0.2) is 11.7 Å². The number of nitrogens with one attached hydrogen (secondary N) is 1. The molecule has 1 aliphatic heterocycles. The molecule has 0 saturated heterocycles. The van der Waals surface area contributed by atoms with Gasteiger partial charge < -0.3 is 9.73 Å². The van der Waals surface area contributed by atoms with E-state index in [1.165, 1.54) is 11.1 Å². The molecule has 0 fully saturated rings. The number of hydrogen-bond acceptors (Lipinski definition) is 4. The lowest BCUT2D eigenvalue weighted by atomic mass is 9.96. The van der Waals surface area contributed by atoms with Gasteiger partial charge in [0.05, 0.1) is 0 Å². The number of rotatable bonds is 5. The average molecular weight is 604 g/mol. The maximum Gasteiger partial charge on any atom is 0.160 e. The van der Waals surface area contributed by atoms with Gasteiger partial charge >= 0.3 is 0 Å². The maximum atomic E-state index is 6.65. The molecule has 1 aliphatic rings. The van der Waals surface area contributed by atoms with Crippen molar-refractivity contribution in [2.24, 2.45) is 9.98 Å². The first kappa shape index (κ1) is 27.1. The number of fused-ring (bicyclic) bond motifs is 4. The molecule has 0 radical (unpaired) electrons. The number of benzene rings is 7.